The van der Waals surface area contributed by atoms with E-state index in [1.54, 1.807) is 0 Å². The van der Waals surface area contributed by atoms with E-state index in [0.717, 1.165) is 83.8 Å². The molecule has 0 N–H and O–H groups in total. The number of aryl methyl sites for hydroxylation is 2. The van der Waals surface area contributed by atoms with Crippen molar-refractivity contribution in [3.05, 3.63) is 43.2 Å². The van der Waals surface area contributed by atoms with E-state index in [4.69, 9.17) is 2.74 Å². The van der Waals surface area contributed by atoms with E-state index in [1.165, 1.54) is 22.7 Å². The van der Waals surface area contributed by atoms with Crippen molar-refractivity contribution in [3.63, 3.8) is 0 Å². The van der Waals surface area contributed by atoms with Crippen molar-refractivity contribution in [2.24, 2.45) is 0 Å². The van der Waals surface area contributed by atoms with Crippen molar-refractivity contribution in [2.75, 3.05) is 0 Å². The predicted molar refractivity (Wildman–Crippen MR) is 174 cm³/mol. The second-order valence-electron chi connectivity index (χ2n) is 9.79. The largest absolute Gasteiger partial charge is 0.203 e. The summed E-state index contributed by atoms with van der Waals surface area (Å²) in [5, 5.41) is 4.75. The third-order valence-electron chi connectivity index (χ3n) is 7.17. The molecule has 0 saturated heterocycles. The molecule has 39 heavy (non-hydrogen) atoms. The number of aromatic nitrogens is 2. The summed E-state index contributed by atoms with van der Waals surface area (Å²) >= 11 is 11.4. The first kappa shape index (κ1) is 28.4. The van der Waals surface area contributed by atoms with E-state index in [0.29, 0.717) is 28.7 Å². The Morgan fingerprint density at radius 3 is 1.77 bits per heavy atom. The number of thiophene rings is 2. The van der Waals surface area contributed by atoms with E-state index in [-0.39, 0.29) is 37.0 Å². The number of alkyl halides is 2. The van der Waals surface area contributed by atoms with Gasteiger partial charge in [0.1, 0.15) is 5.52 Å². The molecule has 2 nitrogen and oxygen atoms in total. The topological polar surface area (TPSA) is 25.8 Å². The zero-order valence-electron chi connectivity index (χ0n) is 24.9. The molecular weight excluding hydrogens is 682 g/mol. The lowest BCUT2D eigenvalue weighted by atomic mass is 9.92. The number of fused-ring (bicyclic) bond motifs is 1. The molecule has 0 fully saturated rings. The van der Waals surface area contributed by atoms with Crippen molar-refractivity contribution in [3.8, 4) is 22.3 Å². The van der Waals surface area contributed by atoms with Gasteiger partial charge in [-0.25, -0.2) is 8.78 Å². The highest BCUT2D eigenvalue weighted by Gasteiger charge is 2.31. The Morgan fingerprint density at radius 1 is 0.795 bits per heavy atom. The molecule has 0 spiro atoms. The zero-order valence-corrected chi connectivity index (χ0v) is 28.5. The highest BCUT2D eigenvalue weighted by Crippen LogP contribution is 2.50. The van der Waals surface area contributed by atoms with E-state index < -0.39 is 11.6 Å². The van der Waals surface area contributed by atoms with Crippen LogP contribution in [0.15, 0.2) is 10.7 Å². The third-order valence-corrected chi connectivity index (χ3v) is 11.9. The Kier molecular flexibility index (Phi) is 10.5. The maximum atomic E-state index is 16.5. The smallest absolute Gasteiger partial charge is 0.169 e. The van der Waals surface area contributed by atoms with Gasteiger partial charge in [-0.05, 0) is 59.1 Å². The molecule has 0 aliphatic rings. The molecule has 4 aromatic rings. The summed E-state index contributed by atoms with van der Waals surface area (Å²) in [7, 11) is 0. The number of hydrogen-bond donors (Lipinski definition) is 0. The summed E-state index contributed by atoms with van der Waals surface area (Å²) in [6.07, 6.45) is 9.45. The summed E-state index contributed by atoms with van der Waals surface area (Å²) in [4.78, 5) is 1.86. The van der Waals surface area contributed by atoms with Crippen LogP contribution < -0.4 is 0 Å². The van der Waals surface area contributed by atoms with Crippen LogP contribution in [0.4, 0.5) is 8.78 Å². The van der Waals surface area contributed by atoms with Gasteiger partial charge in [0.2, 0.25) is 0 Å². The molecule has 0 amide bonds. The molecule has 0 radical (unpaired) electrons. The Bertz CT molecular complexity index is 1390. The minimum Gasteiger partial charge on any atom is -0.203 e. The molecule has 0 bridgehead atoms. The number of hydrogen-bond acceptors (Lipinski definition) is 5. The first-order valence-electron chi connectivity index (χ1n) is 14.9. The van der Waals surface area contributed by atoms with Crippen LogP contribution in [0.25, 0.3) is 32.5 Å². The highest BCUT2D eigenvalue weighted by molar-refractivity contribution is 9.09. The number of halogens is 4. The molecule has 4 rings (SSSR count). The molecule has 2 atom stereocenters. The van der Waals surface area contributed by atoms with Crippen molar-refractivity contribution in [1.29, 1.82) is 0 Å². The van der Waals surface area contributed by atoms with E-state index in [1.807, 2.05) is 13.8 Å². The van der Waals surface area contributed by atoms with Gasteiger partial charge in [0.05, 0.1) is 13.0 Å². The van der Waals surface area contributed by atoms with Gasteiger partial charge in [-0.1, -0.05) is 103 Å². The van der Waals surface area contributed by atoms with Crippen molar-refractivity contribution in [2.45, 2.75) is 102 Å². The van der Waals surface area contributed by atoms with Crippen molar-refractivity contribution in [1.82, 2.24) is 9.59 Å². The molecule has 0 aliphatic heterocycles. The van der Waals surface area contributed by atoms with Crippen LogP contribution >= 0.6 is 66.1 Å². The first-order valence-corrected chi connectivity index (χ1v) is 18.1. The number of nitrogens with zero attached hydrogens (tertiary/aromatic N) is 2. The third kappa shape index (κ3) is 6.37. The van der Waals surface area contributed by atoms with Gasteiger partial charge in [0.25, 0.3) is 0 Å². The summed E-state index contributed by atoms with van der Waals surface area (Å²) in [5.41, 5.74) is 2.94. The summed E-state index contributed by atoms with van der Waals surface area (Å²) < 4.78 is 55.3. The fourth-order valence-corrected chi connectivity index (χ4v) is 9.66. The molecule has 212 valence electrons. The molecular formula is C30H36Br2F2N2S3. The molecule has 2 unspecified atom stereocenters. The standard InChI is InChI=1S/C30H36Br2F2N2S3/c1-5-9-11-13-19(31)23-17(15-37-21(23)7-3)25-27(33)28(34)26(30-29(25)35-36-39-30)18-16-38-22(8-4)24(18)20(32)14-12-10-6-2/h15-16,19-20H,5-14H2,1-4H3/i15D,16D. The molecule has 0 saturated carbocycles. The molecule has 0 aliphatic carbocycles. The number of rotatable bonds is 14. The summed E-state index contributed by atoms with van der Waals surface area (Å²) in [6.45, 7) is 8.36. The van der Waals surface area contributed by atoms with Gasteiger partial charge in [-0.3, -0.25) is 0 Å². The Morgan fingerprint density at radius 2 is 1.28 bits per heavy atom. The number of unbranched alkanes of at least 4 members (excludes halogenated alkanes) is 4. The van der Waals surface area contributed by atoms with Crippen LogP contribution in [0.3, 0.4) is 0 Å². The quantitative estimate of drug-likeness (QED) is 0.0957. The minimum atomic E-state index is -1.02. The van der Waals surface area contributed by atoms with E-state index in [2.05, 4.69) is 55.3 Å². The van der Waals surface area contributed by atoms with Gasteiger partial charge < -0.3 is 0 Å². The molecule has 9 heteroatoms. The summed E-state index contributed by atoms with van der Waals surface area (Å²) in [5.74, 6) is -2.01. The monoisotopic (exact) mass is 718 g/mol. The predicted octanol–water partition coefficient (Wildman–Crippen LogP) is 12.6. The van der Waals surface area contributed by atoms with Gasteiger partial charge in [0.15, 0.2) is 11.6 Å². The first-order chi connectivity index (χ1) is 19.7. The van der Waals surface area contributed by atoms with Gasteiger partial charge in [0, 0.05) is 36.1 Å². The second kappa shape index (κ2) is 14.4. The van der Waals surface area contributed by atoms with Crippen LogP contribution in [0.1, 0.15) is 112 Å². The highest BCUT2D eigenvalue weighted by atomic mass is 79.9. The van der Waals surface area contributed by atoms with Gasteiger partial charge in [-0.15, -0.1) is 27.8 Å². The van der Waals surface area contributed by atoms with Crippen molar-refractivity contribution >= 4 is 76.3 Å². The maximum Gasteiger partial charge on any atom is 0.169 e. The van der Waals surface area contributed by atoms with Gasteiger partial charge >= 0.3 is 0 Å². The average Bonchev–Trinajstić information content (AvgIpc) is 3.65. The maximum absolute atomic E-state index is 16.5. The molecule has 3 aromatic heterocycles. The van der Waals surface area contributed by atoms with Crippen LogP contribution in [-0.4, -0.2) is 9.59 Å². The fourth-order valence-electron chi connectivity index (χ4n) is 5.11. The fraction of sp³-hybridized carbons (Fsp3) is 0.533. The average molecular weight is 721 g/mol. The van der Waals surface area contributed by atoms with Crippen LogP contribution in [0, 0.1) is 11.6 Å². The van der Waals surface area contributed by atoms with E-state index >= 15 is 8.78 Å². The Hall–Kier alpha value is -0.740. The summed E-state index contributed by atoms with van der Waals surface area (Å²) in [6, 6.07) is 0. The second-order valence-corrected chi connectivity index (χ2v) is 14.6. The molecule has 3 heterocycles. The van der Waals surface area contributed by atoms with Crippen molar-refractivity contribution < 1.29 is 11.5 Å². The lowest BCUT2D eigenvalue weighted by molar-refractivity contribution is 0.515. The SMILES string of the molecule is [2H]c1sc(CC)c(C(Br)CCCCC)c1-c1c(F)c(F)c(-c2c([2H])sc(CC)c2C(Br)CCCCC)c2snnc12. The molecule has 1 aromatic carbocycles. The van der Waals surface area contributed by atoms with Gasteiger partial charge in [-0.2, -0.15) is 0 Å². The minimum absolute atomic E-state index is 0.0169. The Balaban J connectivity index is 1.97. The lowest BCUT2D eigenvalue weighted by Crippen LogP contribution is -2.02. The normalized spacial score (nSPS) is 14.2. The Labute approximate surface area is 262 Å². The zero-order chi connectivity index (χ0) is 29.8. The lowest BCUT2D eigenvalue weighted by Gasteiger charge is -2.17. The van der Waals surface area contributed by atoms with E-state index in [9.17, 15) is 0 Å². The van der Waals surface area contributed by atoms with Crippen LogP contribution in [0.5, 0.6) is 0 Å². The van der Waals surface area contributed by atoms with Crippen LogP contribution in [0.2, 0.25) is 0 Å². The van der Waals surface area contributed by atoms with Crippen LogP contribution in [-0.2, 0) is 12.8 Å². The number of benzene rings is 1.